The highest BCUT2D eigenvalue weighted by Crippen LogP contribution is 2.26. The Hall–Kier alpha value is -2.93. The highest BCUT2D eigenvalue weighted by molar-refractivity contribution is 5.87. The number of ether oxygens (including phenoxy) is 1. The lowest BCUT2D eigenvalue weighted by Crippen LogP contribution is -2.47. The summed E-state index contributed by atoms with van der Waals surface area (Å²) < 4.78 is 19.2. The number of rotatable bonds is 8. The zero-order valence-electron chi connectivity index (χ0n) is 18.3. The molecule has 0 heterocycles. The second-order valence-corrected chi connectivity index (χ2v) is 8.40. The first-order valence-electron chi connectivity index (χ1n) is 10.3. The van der Waals surface area contributed by atoms with Crippen LogP contribution in [0, 0.1) is 5.82 Å². The van der Waals surface area contributed by atoms with Crippen LogP contribution in [0.3, 0.4) is 0 Å². The van der Waals surface area contributed by atoms with Crippen LogP contribution in [0.4, 0.5) is 9.18 Å². The van der Waals surface area contributed by atoms with Crippen molar-refractivity contribution in [3.63, 3.8) is 0 Å². The predicted octanol–water partition coefficient (Wildman–Crippen LogP) is 4.82. The highest BCUT2D eigenvalue weighted by atomic mass is 19.1. The number of halogens is 1. The molecule has 0 aliphatic carbocycles. The number of aliphatic hydroxyl groups is 1. The average Bonchev–Trinajstić information content (AvgIpc) is 2.69. The van der Waals surface area contributed by atoms with E-state index >= 15 is 0 Å². The van der Waals surface area contributed by atoms with E-state index in [9.17, 15) is 19.1 Å². The summed E-state index contributed by atoms with van der Waals surface area (Å²) in [5.41, 5.74) is 0.682. The van der Waals surface area contributed by atoms with Crippen molar-refractivity contribution in [1.82, 2.24) is 4.90 Å². The third kappa shape index (κ3) is 7.07. The fraction of sp³-hybridized carbons (Fsp3) is 0.417. The van der Waals surface area contributed by atoms with Crippen LogP contribution in [0.15, 0.2) is 48.5 Å². The fourth-order valence-electron chi connectivity index (χ4n) is 3.30. The zero-order valence-corrected chi connectivity index (χ0v) is 18.3. The SMILES string of the molecule is CC[C@H]([C@H](O)c1cccc(F)c1)N(CCc1ccc(C(=O)O)cc1)C(=O)OC(C)(C)C. The first-order chi connectivity index (χ1) is 14.5. The largest absolute Gasteiger partial charge is 0.478 e. The molecule has 2 rings (SSSR count). The van der Waals surface area contributed by atoms with Gasteiger partial charge in [0.2, 0.25) is 0 Å². The molecule has 0 bridgehead atoms. The third-order valence-corrected chi connectivity index (χ3v) is 4.84. The first kappa shape index (κ1) is 24.3. The molecule has 0 aliphatic rings. The van der Waals surface area contributed by atoms with Crippen LogP contribution in [0.1, 0.15) is 61.7 Å². The van der Waals surface area contributed by atoms with E-state index in [2.05, 4.69) is 0 Å². The molecule has 0 saturated carbocycles. The van der Waals surface area contributed by atoms with Gasteiger partial charge in [0, 0.05) is 6.54 Å². The Morgan fingerprint density at radius 1 is 1.13 bits per heavy atom. The number of benzene rings is 2. The summed E-state index contributed by atoms with van der Waals surface area (Å²) in [4.78, 5) is 25.5. The van der Waals surface area contributed by atoms with Gasteiger partial charge >= 0.3 is 12.1 Å². The number of amides is 1. The van der Waals surface area contributed by atoms with Gasteiger partial charge in [0.1, 0.15) is 11.4 Å². The van der Waals surface area contributed by atoms with Crippen molar-refractivity contribution < 1.29 is 28.9 Å². The molecule has 1 amide bonds. The summed E-state index contributed by atoms with van der Waals surface area (Å²) in [6.45, 7) is 7.37. The van der Waals surface area contributed by atoms with E-state index in [4.69, 9.17) is 9.84 Å². The molecule has 2 atom stereocenters. The van der Waals surface area contributed by atoms with E-state index in [1.165, 1.54) is 35.2 Å². The van der Waals surface area contributed by atoms with Crippen LogP contribution >= 0.6 is 0 Å². The van der Waals surface area contributed by atoms with E-state index in [-0.39, 0.29) is 12.1 Å². The van der Waals surface area contributed by atoms with Gasteiger partial charge in [0.25, 0.3) is 0 Å². The lowest BCUT2D eigenvalue weighted by Gasteiger charge is -2.36. The van der Waals surface area contributed by atoms with E-state index < -0.39 is 35.6 Å². The summed E-state index contributed by atoms with van der Waals surface area (Å²) in [5.74, 6) is -1.47. The number of hydrogen-bond donors (Lipinski definition) is 2. The van der Waals surface area contributed by atoms with E-state index in [1.807, 2.05) is 6.92 Å². The van der Waals surface area contributed by atoms with Crippen LogP contribution in [-0.2, 0) is 11.2 Å². The molecule has 2 aromatic carbocycles. The Kier molecular flexibility index (Phi) is 8.16. The number of carbonyl (C=O) groups is 2. The topological polar surface area (TPSA) is 87.1 Å². The summed E-state index contributed by atoms with van der Waals surface area (Å²) in [6, 6.07) is 11.5. The van der Waals surface area contributed by atoms with Crippen molar-refractivity contribution in [2.45, 2.75) is 58.3 Å². The monoisotopic (exact) mass is 431 g/mol. The summed E-state index contributed by atoms with van der Waals surface area (Å²) in [6.07, 6.45) is -0.806. The molecule has 0 radical (unpaired) electrons. The summed E-state index contributed by atoms with van der Waals surface area (Å²) in [5, 5.41) is 20.0. The van der Waals surface area contributed by atoms with Crippen molar-refractivity contribution in [2.75, 3.05) is 6.54 Å². The average molecular weight is 432 g/mol. The van der Waals surface area contributed by atoms with Crippen LogP contribution < -0.4 is 0 Å². The van der Waals surface area contributed by atoms with Gasteiger partial charge < -0.3 is 19.8 Å². The van der Waals surface area contributed by atoms with E-state index in [0.717, 1.165) is 5.56 Å². The van der Waals surface area contributed by atoms with Crippen LogP contribution in [0.25, 0.3) is 0 Å². The molecular formula is C24H30FNO5. The van der Waals surface area contributed by atoms with Crippen molar-refractivity contribution in [3.05, 3.63) is 71.0 Å². The minimum atomic E-state index is -1.09. The summed E-state index contributed by atoms with van der Waals surface area (Å²) in [7, 11) is 0. The van der Waals surface area contributed by atoms with E-state index in [0.29, 0.717) is 18.4 Å². The Bertz CT molecular complexity index is 892. The second-order valence-electron chi connectivity index (χ2n) is 8.40. The van der Waals surface area contributed by atoms with Gasteiger partial charge in [-0.3, -0.25) is 0 Å². The number of aliphatic hydroxyl groups excluding tert-OH is 1. The quantitative estimate of drug-likeness (QED) is 0.626. The smallest absolute Gasteiger partial charge is 0.410 e. The van der Waals surface area contributed by atoms with Gasteiger partial charge in [-0.25, -0.2) is 14.0 Å². The van der Waals surface area contributed by atoms with Crippen LogP contribution in [-0.4, -0.2) is 45.4 Å². The van der Waals surface area contributed by atoms with E-state index in [1.54, 1.807) is 39.0 Å². The fourth-order valence-corrected chi connectivity index (χ4v) is 3.30. The molecule has 168 valence electrons. The number of carbonyl (C=O) groups excluding carboxylic acids is 1. The van der Waals surface area contributed by atoms with Gasteiger partial charge in [-0.2, -0.15) is 0 Å². The van der Waals surface area contributed by atoms with Gasteiger partial charge in [-0.05, 0) is 69.0 Å². The molecule has 7 heteroatoms. The van der Waals surface area contributed by atoms with Crippen LogP contribution in [0.2, 0.25) is 0 Å². The molecule has 0 aliphatic heterocycles. The maximum absolute atomic E-state index is 13.7. The van der Waals surface area contributed by atoms with Crippen molar-refractivity contribution in [2.24, 2.45) is 0 Å². The molecule has 6 nitrogen and oxygen atoms in total. The molecule has 2 aromatic rings. The van der Waals surface area contributed by atoms with Gasteiger partial charge in [-0.1, -0.05) is 31.2 Å². The Morgan fingerprint density at radius 3 is 2.29 bits per heavy atom. The Labute approximate surface area is 182 Å². The minimum Gasteiger partial charge on any atom is -0.478 e. The molecule has 0 fully saturated rings. The predicted molar refractivity (Wildman–Crippen MR) is 115 cm³/mol. The summed E-state index contributed by atoms with van der Waals surface area (Å²) >= 11 is 0. The number of nitrogens with zero attached hydrogens (tertiary/aromatic N) is 1. The highest BCUT2D eigenvalue weighted by Gasteiger charge is 2.32. The number of aromatic carboxylic acids is 1. The number of carboxylic acids is 1. The van der Waals surface area contributed by atoms with Gasteiger partial charge in [0.15, 0.2) is 0 Å². The molecule has 31 heavy (non-hydrogen) atoms. The zero-order chi connectivity index (χ0) is 23.2. The first-order valence-corrected chi connectivity index (χ1v) is 10.3. The molecule has 0 aromatic heterocycles. The van der Waals surface area contributed by atoms with Crippen molar-refractivity contribution in [1.29, 1.82) is 0 Å². The third-order valence-electron chi connectivity index (χ3n) is 4.84. The lowest BCUT2D eigenvalue weighted by atomic mass is 9.98. The van der Waals surface area contributed by atoms with Crippen LogP contribution in [0.5, 0.6) is 0 Å². The molecule has 0 unspecified atom stereocenters. The Balaban J connectivity index is 2.27. The van der Waals surface area contributed by atoms with Crippen molar-refractivity contribution >= 4 is 12.1 Å². The normalized spacial score (nSPS) is 13.4. The lowest BCUT2D eigenvalue weighted by molar-refractivity contribution is -0.00714. The number of carboxylic acid groups (broad SMARTS) is 1. The molecule has 2 N–H and O–H groups in total. The van der Waals surface area contributed by atoms with Crippen molar-refractivity contribution in [3.8, 4) is 0 Å². The standard InChI is InChI=1S/C24H30FNO5/c1-5-20(21(27)18-7-6-8-19(25)15-18)26(23(30)31-24(2,3)4)14-13-16-9-11-17(12-10-16)22(28)29/h6-12,15,20-21,27H,5,13-14H2,1-4H3,(H,28,29)/t20-,21-/m1/s1. The maximum Gasteiger partial charge on any atom is 0.410 e. The van der Waals surface area contributed by atoms with Gasteiger partial charge in [0.05, 0.1) is 17.7 Å². The molecule has 0 saturated heterocycles. The van der Waals surface area contributed by atoms with Gasteiger partial charge in [-0.15, -0.1) is 0 Å². The second kappa shape index (κ2) is 10.4. The maximum atomic E-state index is 13.7. The minimum absolute atomic E-state index is 0.181. The molecular weight excluding hydrogens is 401 g/mol. The molecule has 0 spiro atoms. The Morgan fingerprint density at radius 2 is 1.77 bits per heavy atom. The number of hydrogen-bond acceptors (Lipinski definition) is 4.